The lowest BCUT2D eigenvalue weighted by molar-refractivity contribution is -0.130. The highest BCUT2D eigenvalue weighted by Gasteiger charge is 2.43. The molecule has 1 atom stereocenters. The van der Waals surface area contributed by atoms with E-state index in [9.17, 15) is 9.59 Å². The monoisotopic (exact) mass is 507 g/mol. The normalized spacial score (nSPS) is 15.4. The molecule has 1 heterocycles. The number of hydrogen-bond donors (Lipinski definition) is 1. The van der Waals surface area contributed by atoms with Crippen LogP contribution in [0.25, 0.3) is 0 Å². The zero-order chi connectivity index (χ0) is 24.8. The minimum Gasteiger partial charge on any atom is -0.497 e. The van der Waals surface area contributed by atoms with Gasteiger partial charge in [-0.25, -0.2) is 0 Å². The maximum Gasteiger partial charge on any atom is 0.252 e. The molecule has 0 spiro atoms. The number of thiocarbonyl (C=S) groups is 1. The molecule has 1 saturated heterocycles. The number of amides is 2. The summed E-state index contributed by atoms with van der Waals surface area (Å²) in [6.07, 6.45) is 0.659. The smallest absolute Gasteiger partial charge is 0.252 e. The molecule has 3 aromatic carbocycles. The maximum absolute atomic E-state index is 13.4. The van der Waals surface area contributed by atoms with Crippen molar-refractivity contribution in [1.82, 2.24) is 9.80 Å². The largest absolute Gasteiger partial charge is 0.497 e. The second kappa shape index (κ2) is 11.3. The summed E-state index contributed by atoms with van der Waals surface area (Å²) in [5.41, 5.74) is 2.71. The van der Waals surface area contributed by atoms with Gasteiger partial charge in [-0.2, -0.15) is 0 Å². The summed E-state index contributed by atoms with van der Waals surface area (Å²) in [4.78, 5) is 29.8. The van der Waals surface area contributed by atoms with Crippen LogP contribution in [0.15, 0.2) is 78.9 Å². The van der Waals surface area contributed by atoms with Gasteiger partial charge in [0, 0.05) is 23.8 Å². The van der Waals surface area contributed by atoms with Gasteiger partial charge in [0.15, 0.2) is 5.11 Å². The minimum absolute atomic E-state index is 0.0135. The van der Waals surface area contributed by atoms with Crippen molar-refractivity contribution in [3.8, 4) is 5.75 Å². The van der Waals surface area contributed by atoms with E-state index in [1.165, 1.54) is 0 Å². The van der Waals surface area contributed by atoms with E-state index in [2.05, 4.69) is 5.32 Å². The minimum atomic E-state index is -0.688. The van der Waals surface area contributed by atoms with Gasteiger partial charge in [0.05, 0.1) is 13.5 Å². The van der Waals surface area contributed by atoms with E-state index in [-0.39, 0.29) is 18.2 Å². The van der Waals surface area contributed by atoms with Crippen molar-refractivity contribution in [3.63, 3.8) is 0 Å². The van der Waals surface area contributed by atoms with Crippen LogP contribution in [0, 0.1) is 0 Å². The lowest BCUT2D eigenvalue weighted by Crippen LogP contribution is -2.37. The fraction of sp³-hybridized carbons (Fsp3) is 0.222. The summed E-state index contributed by atoms with van der Waals surface area (Å²) in [6, 6.07) is 23.7. The Hall–Kier alpha value is -3.42. The lowest BCUT2D eigenvalue weighted by atomic mass is 10.1. The quantitative estimate of drug-likeness (QED) is 0.417. The molecule has 0 saturated carbocycles. The van der Waals surface area contributed by atoms with Crippen LogP contribution in [0.4, 0.5) is 5.69 Å². The van der Waals surface area contributed by atoms with Gasteiger partial charge in [-0.1, -0.05) is 54.1 Å². The number of halogens is 1. The van der Waals surface area contributed by atoms with Crippen molar-refractivity contribution in [3.05, 3.63) is 95.0 Å². The fourth-order valence-electron chi connectivity index (χ4n) is 4.01. The van der Waals surface area contributed by atoms with Crippen LogP contribution < -0.4 is 10.1 Å². The molecule has 0 aromatic heterocycles. The van der Waals surface area contributed by atoms with Gasteiger partial charge in [-0.3, -0.25) is 14.5 Å². The molecule has 0 bridgehead atoms. The molecule has 8 heteroatoms. The van der Waals surface area contributed by atoms with Crippen LogP contribution in [-0.4, -0.2) is 46.4 Å². The van der Waals surface area contributed by atoms with Gasteiger partial charge >= 0.3 is 0 Å². The first-order valence-corrected chi connectivity index (χ1v) is 12.1. The summed E-state index contributed by atoms with van der Waals surface area (Å²) < 4.78 is 5.16. The van der Waals surface area contributed by atoms with E-state index in [4.69, 9.17) is 28.6 Å². The summed E-state index contributed by atoms with van der Waals surface area (Å²) in [7, 11) is 1.58. The number of nitrogens with zero attached hydrogens (tertiary/aromatic N) is 2. The molecule has 180 valence electrons. The maximum atomic E-state index is 13.4. The highest BCUT2D eigenvalue weighted by Crippen LogP contribution is 2.25. The molecule has 6 nitrogen and oxygen atoms in total. The Kier molecular flexibility index (Phi) is 8.00. The van der Waals surface area contributed by atoms with Crippen LogP contribution in [-0.2, 0) is 22.6 Å². The van der Waals surface area contributed by atoms with E-state index in [0.29, 0.717) is 41.1 Å². The first-order valence-electron chi connectivity index (χ1n) is 11.3. The first-order chi connectivity index (χ1) is 16.9. The van der Waals surface area contributed by atoms with Gasteiger partial charge in [-0.15, -0.1) is 0 Å². The molecule has 1 aliphatic heterocycles. The molecule has 1 fully saturated rings. The number of ether oxygens (including phenoxy) is 1. The Morgan fingerprint density at radius 2 is 1.69 bits per heavy atom. The highest BCUT2D eigenvalue weighted by atomic mass is 35.5. The Bertz CT molecular complexity index is 1190. The van der Waals surface area contributed by atoms with Crippen LogP contribution in [0.3, 0.4) is 0 Å². The number of methoxy groups -OCH3 is 1. The molecule has 1 aliphatic rings. The Labute approximate surface area is 215 Å². The molecular formula is C27H26ClN3O3S. The van der Waals surface area contributed by atoms with Crippen LogP contribution in [0.5, 0.6) is 5.75 Å². The van der Waals surface area contributed by atoms with Crippen molar-refractivity contribution in [2.24, 2.45) is 0 Å². The standard InChI is InChI=1S/C27H26ClN3O3S/c1-34-23-13-11-22(12-14-23)29-25(32)17-24-26(33)30(16-15-19-5-3-2-4-6-19)27(35)31(24)18-20-7-9-21(28)10-8-20/h2-14,24H,15-18H2,1H3,(H,29,32). The number of anilines is 1. The third kappa shape index (κ3) is 6.18. The van der Waals surface area contributed by atoms with Crippen molar-refractivity contribution >= 4 is 46.4 Å². The summed E-state index contributed by atoms with van der Waals surface area (Å²) in [6.45, 7) is 0.861. The zero-order valence-electron chi connectivity index (χ0n) is 19.3. The topological polar surface area (TPSA) is 61.9 Å². The Morgan fingerprint density at radius 3 is 2.34 bits per heavy atom. The van der Waals surface area contributed by atoms with Crippen LogP contribution in [0.2, 0.25) is 5.02 Å². The fourth-order valence-corrected chi connectivity index (χ4v) is 4.51. The second-order valence-electron chi connectivity index (χ2n) is 8.26. The Balaban J connectivity index is 1.50. The lowest BCUT2D eigenvalue weighted by Gasteiger charge is -2.24. The number of carbonyl (C=O) groups is 2. The predicted molar refractivity (Wildman–Crippen MR) is 141 cm³/mol. The first kappa shape index (κ1) is 24.7. The summed E-state index contributed by atoms with van der Waals surface area (Å²) >= 11 is 11.8. The predicted octanol–water partition coefficient (Wildman–Crippen LogP) is 4.92. The van der Waals surface area contributed by atoms with Crippen molar-refractivity contribution in [1.29, 1.82) is 0 Å². The van der Waals surface area contributed by atoms with Crippen LogP contribution in [0.1, 0.15) is 17.5 Å². The molecule has 4 rings (SSSR count). The van der Waals surface area contributed by atoms with E-state index >= 15 is 0 Å². The van der Waals surface area contributed by atoms with E-state index in [1.807, 2.05) is 47.4 Å². The van der Waals surface area contributed by atoms with E-state index in [1.54, 1.807) is 48.4 Å². The molecular weight excluding hydrogens is 482 g/mol. The number of carbonyl (C=O) groups excluding carboxylic acids is 2. The van der Waals surface area contributed by atoms with E-state index < -0.39 is 6.04 Å². The highest BCUT2D eigenvalue weighted by molar-refractivity contribution is 7.80. The molecule has 2 amide bonds. The average molecular weight is 508 g/mol. The average Bonchev–Trinajstić information content (AvgIpc) is 3.08. The molecule has 0 radical (unpaired) electrons. The zero-order valence-corrected chi connectivity index (χ0v) is 20.9. The van der Waals surface area contributed by atoms with Crippen LogP contribution >= 0.6 is 23.8 Å². The molecule has 0 aliphatic carbocycles. The van der Waals surface area contributed by atoms with E-state index in [0.717, 1.165) is 11.1 Å². The van der Waals surface area contributed by atoms with Gasteiger partial charge in [0.1, 0.15) is 11.8 Å². The summed E-state index contributed by atoms with van der Waals surface area (Å²) in [5, 5.41) is 3.93. The van der Waals surface area contributed by atoms with Gasteiger partial charge in [0.2, 0.25) is 5.91 Å². The third-order valence-electron chi connectivity index (χ3n) is 5.89. The number of hydrogen-bond acceptors (Lipinski definition) is 4. The van der Waals surface area contributed by atoms with Crippen molar-refractivity contribution < 1.29 is 14.3 Å². The summed E-state index contributed by atoms with van der Waals surface area (Å²) in [5.74, 6) is 0.273. The SMILES string of the molecule is COc1ccc(NC(=O)CC2C(=O)N(CCc3ccccc3)C(=S)N2Cc2ccc(Cl)cc2)cc1. The number of nitrogens with one attached hydrogen (secondary N) is 1. The van der Waals surface area contributed by atoms with Gasteiger partial charge < -0.3 is 15.0 Å². The Morgan fingerprint density at radius 1 is 1.00 bits per heavy atom. The van der Waals surface area contributed by atoms with Gasteiger partial charge in [0.25, 0.3) is 5.91 Å². The molecule has 1 unspecified atom stereocenters. The molecule has 1 N–H and O–H groups in total. The molecule has 35 heavy (non-hydrogen) atoms. The molecule has 3 aromatic rings. The number of benzene rings is 3. The van der Waals surface area contributed by atoms with Crippen molar-refractivity contribution in [2.45, 2.75) is 25.4 Å². The van der Waals surface area contributed by atoms with Gasteiger partial charge in [-0.05, 0) is 66.2 Å². The third-order valence-corrected chi connectivity index (χ3v) is 6.60. The number of rotatable bonds is 9. The van der Waals surface area contributed by atoms with Crippen molar-refractivity contribution in [2.75, 3.05) is 19.0 Å². The second-order valence-corrected chi connectivity index (χ2v) is 9.06.